The maximum absolute atomic E-state index is 11.9. The molecule has 0 saturated heterocycles. The van der Waals surface area contributed by atoms with Crippen LogP contribution in [0, 0.1) is 0 Å². The number of carbonyl (C=O) groups excluding carboxylic acids is 1. The van der Waals surface area contributed by atoms with Gasteiger partial charge in [-0.15, -0.1) is 21.5 Å². The number of nitrogen functional groups attached to an aromatic ring is 1. The molecular formula is C14H15N5OS3. The summed E-state index contributed by atoms with van der Waals surface area (Å²) in [5.41, 5.74) is 6.51. The van der Waals surface area contributed by atoms with Gasteiger partial charge in [-0.25, -0.2) is 4.98 Å². The first-order chi connectivity index (χ1) is 11.1. The first kappa shape index (κ1) is 16.2. The van der Waals surface area contributed by atoms with E-state index in [1.54, 1.807) is 11.3 Å². The van der Waals surface area contributed by atoms with Crippen LogP contribution in [0.3, 0.4) is 0 Å². The predicted molar refractivity (Wildman–Crippen MR) is 96.1 cm³/mol. The van der Waals surface area contributed by atoms with E-state index < -0.39 is 0 Å². The molecule has 9 heteroatoms. The van der Waals surface area contributed by atoms with Gasteiger partial charge in [-0.05, 0) is 12.1 Å². The molecule has 2 aromatic heterocycles. The molecule has 1 aromatic carbocycles. The van der Waals surface area contributed by atoms with Gasteiger partial charge in [0.2, 0.25) is 11.0 Å². The number of anilines is 1. The van der Waals surface area contributed by atoms with Gasteiger partial charge in [0.15, 0.2) is 4.34 Å². The minimum absolute atomic E-state index is 0.0308. The molecule has 0 bridgehead atoms. The molecule has 1 unspecified atom stereocenters. The van der Waals surface area contributed by atoms with E-state index in [9.17, 15) is 4.79 Å². The van der Waals surface area contributed by atoms with Gasteiger partial charge in [-0.2, -0.15) is 0 Å². The summed E-state index contributed by atoms with van der Waals surface area (Å²) in [4.78, 5) is 16.5. The molecule has 1 atom stereocenters. The predicted octanol–water partition coefficient (Wildman–Crippen LogP) is 2.74. The lowest BCUT2D eigenvalue weighted by Crippen LogP contribution is -2.28. The maximum Gasteiger partial charge on any atom is 0.230 e. The van der Waals surface area contributed by atoms with E-state index in [2.05, 4.69) is 33.5 Å². The normalized spacial score (nSPS) is 12.4. The largest absolute Gasteiger partial charge is 0.374 e. The third kappa shape index (κ3) is 4.18. The van der Waals surface area contributed by atoms with Crippen LogP contribution >= 0.6 is 34.4 Å². The number of amides is 1. The Kier molecular flexibility index (Phi) is 5.09. The Labute approximate surface area is 145 Å². The van der Waals surface area contributed by atoms with Crippen molar-refractivity contribution in [3.8, 4) is 0 Å². The highest BCUT2D eigenvalue weighted by atomic mass is 32.2. The number of hydrogen-bond acceptors (Lipinski definition) is 8. The number of para-hydroxylation sites is 1. The molecule has 0 radical (unpaired) electrons. The molecule has 3 rings (SSSR count). The molecule has 0 fully saturated rings. The van der Waals surface area contributed by atoms with E-state index in [1.165, 1.54) is 27.8 Å². The van der Waals surface area contributed by atoms with Crippen molar-refractivity contribution < 1.29 is 4.79 Å². The minimum Gasteiger partial charge on any atom is -0.374 e. The summed E-state index contributed by atoms with van der Waals surface area (Å²) >= 11 is 4.30. The summed E-state index contributed by atoms with van der Waals surface area (Å²) in [5.74, 6) is 0.455. The number of nitrogens with zero attached hydrogens (tertiary/aromatic N) is 3. The second kappa shape index (κ2) is 7.24. The monoisotopic (exact) mass is 365 g/mol. The average molecular weight is 366 g/mol. The molecule has 0 aliphatic heterocycles. The first-order valence-electron chi connectivity index (χ1n) is 6.96. The lowest BCUT2D eigenvalue weighted by molar-refractivity contribution is -0.118. The van der Waals surface area contributed by atoms with Crippen LogP contribution in [-0.4, -0.2) is 33.4 Å². The summed E-state index contributed by atoms with van der Waals surface area (Å²) < 4.78 is 1.88. The van der Waals surface area contributed by atoms with Crippen molar-refractivity contribution in [1.29, 1.82) is 0 Å². The molecule has 3 aromatic rings. The molecule has 23 heavy (non-hydrogen) atoms. The third-order valence-electron chi connectivity index (χ3n) is 3.09. The second-order valence-corrected chi connectivity index (χ2v) is 8.21. The van der Waals surface area contributed by atoms with Gasteiger partial charge in [0.1, 0.15) is 0 Å². The van der Waals surface area contributed by atoms with Gasteiger partial charge in [0, 0.05) is 12.5 Å². The quantitative estimate of drug-likeness (QED) is 0.652. The van der Waals surface area contributed by atoms with Gasteiger partial charge < -0.3 is 11.1 Å². The van der Waals surface area contributed by atoms with Crippen molar-refractivity contribution in [2.45, 2.75) is 17.2 Å². The van der Waals surface area contributed by atoms with Crippen molar-refractivity contribution in [2.24, 2.45) is 0 Å². The van der Waals surface area contributed by atoms with Gasteiger partial charge >= 0.3 is 0 Å². The zero-order valence-electron chi connectivity index (χ0n) is 12.4. The highest BCUT2D eigenvalue weighted by Gasteiger charge is 2.13. The van der Waals surface area contributed by atoms with Crippen molar-refractivity contribution in [1.82, 2.24) is 20.5 Å². The Morgan fingerprint density at radius 3 is 2.91 bits per heavy atom. The fourth-order valence-corrected chi connectivity index (χ4v) is 4.40. The molecule has 2 heterocycles. The number of thioether (sulfide) groups is 1. The zero-order valence-corrected chi connectivity index (χ0v) is 14.8. The van der Waals surface area contributed by atoms with E-state index in [-0.39, 0.29) is 11.8 Å². The van der Waals surface area contributed by atoms with Crippen molar-refractivity contribution in [2.75, 3.05) is 18.0 Å². The summed E-state index contributed by atoms with van der Waals surface area (Å²) in [6.45, 7) is 2.63. The van der Waals surface area contributed by atoms with Crippen LogP contribution in [0.25, 0.3) is 10.2 Å². The van der Waals surface area contributed by atoms with Crippen LogP contribution in [0.5, 0.6) is 0 Å². The number of hydrogen-bond donors (Lipinski definition) is 2. The Morgan fingerprint density at radius 2 is 2.17 bits per heavy atom. The van der Waals surface area contributed by atoms with E-state index in [0.717, 1.165) is 10.5 Å². The molecule has 0 saturated carbocycles. The molecule has 0 aliphatic rings. The number of nitrogens with two attached hydrogens (primary N) is 1. The van der Waals surface area contributed by atoms with Crippen LogP contribution in [0.15, 0.2) is 28.6 Å². The molecule has 120 valence electrons. The van der Waals surface area contributed by atoms with Gasteiger partial charge in [0.05, 0.1) is 21.0 Å². The number of benzene rings is 1. The number of nitrogens with one attached hydrogen (secondary N) is 1. The molecule has 3 N–H and O–H groups in total. The Hall–Kier alpha value is -1.71. The second-order valence-electron chi connectivity index (χ2n) is 4.92. The van der Waals surface area contributed by atoms with Crippen molar-refractivity contribution >= 4 is 55.7 Å². The molecule has 0 aliphatic carbocycles. The Balaban J connectivity index is 1.49. The molecular weight excluding hydrogens is 350 g/mol. The Bertz CT molecular complexity index is 782. The number of aromatic nitrogens is 3. The molecule has 0 spiro atoms. The molecule has 1 amide bonds. The zero-order chi connectivity index (χ0) is 16.2. The lowest BCUT2D eigenvalue weighted by atomic mass is 10.2. The van der Waals surface area contributed by atoms with Crippen LogP contribution in [0.4, 0.5) is 5.13 Å². The summed E-state index contributed by atoms with van der Waals surface area (Å²) in [7, 11) is 0. The minimum atomic E-state index is -0.0308. The Morgan fingerprint density at radius 1 is 1.35 bits per heavy atom. The maximum atomic E-state index is 11.9. The van der Waals surface area contributed by atoms with Crippen LogP contribution < -0.4 is 11.1 Å². The standard InChI is InChI=1S/C14H15N5OS3/c1-8(12-17-9-4-2-3-5-10(9)22-12)6-16-11(20)7-21-14-19-18-13(15)23-14/h2-5,8H,6-7H2,1H3,(H2,15,18)(H,16,20). The number of rotatable bonds is 6. The highest BCUT2D eigenvalue weighted by Crippen LogP contribution is 2.27. The smallest absolute Gasteiger partial charge is 0.230 e. The van der Waals surface area contributed by atoms with Crippen molar-refractivity contribution in [3.05, 3.63) is 29.3 Å². The highest BCUT2D eigenvalue weighted by molar-refractivity contribution is 8.01. The SMILES string of the molecule is CC(CNC(=O)CSc1nnc(N)s1)c1nc2ccccc2s1. The average Bonchev–Trinajstić information content (AvgIpc) is 3.16. The molecule has 6 nitrogen and oxygen atoms in total. The topological polar surface area (TPSA) is 93.8 Å². The van der Waals surface area contributed by atoms with E-state index >= 15 is 0 Å². The number of carbonyl (C=O) groups is 1. The third-order valence-corrected chi connectivity index (χ3v) is 6.24. The van der Waals surface area contributed by atoms with E-state index in [1.807, 2.05) is 18.2 Å². The lowest BCUT2D eigenvalue weighted by Gasteiger charge is -2.09. The van der Waals surface area contributed by atoms with Gasteiger partial charge in [-0.1, -0.05) is 42.2 Å². The first-order valence-corrected chi connectivity index (χ1v) is 9.57. The fourth-order valence-electron chi connectivity index (χ4n) is 1.91. The number of thiazole rings is 1. The van der Waals surface area contributed by atoms with Crippen LogP contribution in [0.2, 0.25) is 0 Å². The van der Waals surface area contributed by atoms with E-state index in [0.29, 0.717) is 21.8 Å². The van der Waals surface area contributed by atoms with Gasteiger partial charge in [-0.3, -0.25) is 4.79 Å². The summed E-state index contributed by atoms with van der Waals surface area (Å²) in [6, 6.07) is 8.06. The summed E-state index contributed by atoms with van der Waals surface area (Å²) in [6.07, 6.45) is 0. The fraction of sp³-hybridized carbons (Fsp3) is 0.286. The van der Waals surface area contributed by atoms with Gasteiger partial charge in [0.25, 0.3) is 0 Å². The van der Waals surface area contributed by atoms with Crippen LogP contribution in [-0.2, 0) is 4.79 Å². The van der Waals surface area contributed by atoms with Crippen LogP contribution in [0.1, 0.15) is 17.8 Å². The van der Waals surface area contributed by atoms with Crippen molar-refractivity contribution in [3.63, 3.8) is 0 Å². The van der Waals surface area contributed by atoms with E-state index in [4.69, 9.17) is 5.73 Å². The number of fused-ring (bicyclic) bond motifs is 1. The summed E-state index contributed by atoms with van der Waals surface area (Å²) in [5, 5.41) is 12.0.